The number of alkyl halides is 1. The molecular weight excluding hydrogens is 494 g/mol. The van der Waals surface area contributed by atoms with Gasteiger partial charge >= 0.3 is 5.97 Å². The molecule has 0 aliphatic carbocycles. The van der Waals surface area contributed by atoms with Crippen LogP contribution in [0.1, 0.15) is 46.2 Å². The molecule has 0 aromatic heterocycles. The second-order valence-electron chi connectivity index (χ2n) is 9.00. The monoisotopic (exact) mass is 513 g/mol. The second-order valence-corrected chi connectivity index (χ2v) is 11.1. The van der Waals surface area contributed by atoms with Gasteiger partial charge in [-0.25, -0.2) is 4.79 Å². The Morgan fingerprint density at radius 3 is 2.00 bits per heavy atom. The summed E-state index contributed by atoms with van der Waals surface area (Å²) in [5.41, 5.74) is -0.338. The van der Waals surface area contributed by atoms with Crippen LogP contribution in [0.4, 0.5) is 0 Å². The van der Waals surface area contributed by atoms with Crippen LogP contribution in [0.5, 0.6) is 0 Å². The van der Waals surface area contributed by atoms with Crippen molar-refractivity contribution >= 4 is 53.1 Å². The average molecular weight is 514 g/mol. The molecule has 0 saturated carbocycles. The molecular formula is C24H20ClN3O6S. The molecule has 4 amide bonds. The third-order valence-corrected chi connectivity index (χ3v) is 8.17. The maximum Gasteiger partial charge on any atom is 0.332 e. The Morgan fingerprint density at radius 2 is 1.49 bits per heavy atom. The van der Waals surface area contributed by atoms with Crippen molar-refractivity contribution in [3.05, 3.63) is 71.3 Å². The van der Waals surface area contributed by atoms with Crippen LogP contribution in [0.25, 0.3) is 0 Å². The van der Waals surface area contributed by atoms with Crippen molar-refractivity contribution in [3.8, 4) is 0 Å². The van der Waals surface area contributed by atoms with E-state index in [-0.39, 0.29) is 11.1 Å². The van der Waals surface area contributed by atoms with E-state index in [9.17, 15) is 29.1 Å². The quantitative estimate of drug-likeness (QED) is 0.215. The Kier molecular flexibility index (Phi) is 5.41. The number of rotatable bonds is 5. The first-order valence-electron chi connectivity index (χ1n) is 10.8. The van der Waals surface area contributed by atoms with Crippen molar-refractivity contribution in [2.24, 2.45) is 0 Å². The van der Waals surface area contributed by atoms with Crippen LogP contribution in [0.15, 0.2) is 54.6 Å². The molecule has 9 nitrogen and oxygen atoms in total. The number of imide groups is 1. The number of β-lactam (4-membered cyclic amide) rings is 1. The number of fused-ring (bicyclic) bond motifs is 1. The Bertz CT molecular complexity index is 1250. The number of hydrogen-bond donors (Lipinski definition) is 1. The van der Waals surface area contributed by atoms with Crippen LogP contribution in [-0.2, 0) is 14.4 Å². The number of amides is 4. The van der Waals surface area contributed by atoms with E-state index in [1.807, 2.05) is 0 Å². The predicted octanol–water partition coefficient (Wildman–Crippen LogP) is 2.52. The number of benzene rings is 2. The van der Waals surface area contributed by atoms with Gasteiger partial charge in [-0.3, -0.25) is 28.4 Å². The van der Waals surface area contributed by atoms with Crippen molar-refractivity contribution in [3.63, 3.8) is 0 Å². The molecule has 1 N–H and O–H groups in total. The summed E-state index contributed by atoms with van der Waals surface area (Å²) in [6.07, 6.45) is 0. The summed E-state index contributed by atoms with van der Waals surface area (Å²) >= 11 is 7.60. The van der Waals surface area contributed by atoms with E-state index >= 15 is 0 Å². The molecule has 2 fully saturated rings. The summed E-state index contributed by atoms with van der Waals surface area (Å²) in [7, 11) is 0. The van der Waals surface area contributed by atoms with Gasteiger partial charge in [0.05, 0.1) is 15.9 Å². The summed E-state index contributed by atoms with van der Waals surface area (Å²) in [6.45, 7) is 3.44. The fourth-order valence-electron chi connectivity index (χ4n) is 4.84. The van der Waals surface area contributed by atoms with Gasteiger partial charge in [0.25, 0.3) is 23.6 Å². The number of aliphatic carboxylic acids is 1. The molecule has 35 heavy (non-hydrogen) atoms. The third kappa shape index (κ3) is 3.35. The smallest absolute Gasteiger partial charge is 0.332 e. The minimum absolute atomic E-state index is 0.193. The number of likely N-dealkylation sites (tertiary alicyclic amines) is 1. The standard InChI is InChI=1S/C24H20ClN3O6S/c1-24(2)17(22(32)28(35-24)15(23(33)34)12-8-4-3-5-9-12)27-18(25)16(21(27)31)26-19(29)13-10-6-7-11-14(13)20(26)30/h3-11,15-18H,1-2H3,(H,33,34)/t15-,16-,17-,18+/m0/s1. The molecule has 2 aromatic carbocycles. The molecule has 4 atom stereocenters. The van der Waals surface area contributed by atoms with Gasteiger partial charge in [0, 0.05) is 0 Å². The van der Waals surface area contributed by atoms with Crippen LogP contribution in [-0.4, -0.2) is 71.1 Å². The molecule has 2 aromatic rings. The molecule has 180 valence electrons. The second kappa shape index (κ2) is 8.10. The lowest BCUT2D eigenvalue weighted by atomic mass is 9.93. The first-order chi connectivity index (χ1) is 16.6. The van der Waals surface area contributed by atoms with Crippen LogP contribution in [0, 0.1) is 0 Å². The van der Waals surface area contributed by atoms with Crippen molar-refractivity contribution in [2.75, 3.05) is 0 Å². The van der Waals surface area contributed by atoms with Gasteiger partial charge < -0.3 is 10.0 Å². The van der Waals surface area contributed by atoms with E-state index in [1.54, 1.807) is 56.3 Å². The highest BCUT2D eigenvalue weighted by molar-refractivity contribution is 7.99. The molecule has 0 radical (unpaired) electrons. The van der Waals surface area contributed by atoms with Crippen LogP contribution < -0.4 is 0 Å². The molecule has 2 saturated heterocycles. The molecule has 3 heterocycles. The summed E-state index contributed by atoms with van der Waals surface area (Å²) in [5, 5.41) is 9.91. The Balaban J connectivity index is 1.43. The highest BCUT2D eigenvalue weighted by atomic mass is 35.5. The lowest BCUT2D eigenvalue weighted by Crippen LogP contribution is -2.74. The van der Waals surface area contributed by atoms with E-state index in [0.29, 0.717) is 5.56 Å². The fraction of sp³-hybridized carbons (Fsp3) is 0.292. The van der Waals surface area contributed by atoms with Crippen molar-refractivity contribution in [2.45, 2.75) is 42.2 Å². The summed E-state index contributed by atoms with van der Waals surface area (Å²) in [4.78, 5) is 66.7. The van der Waals surface area contributed by atoms with E-state index in [1.165, 1.54) is 12.1 Å². The molecule has 5 rings (SSSR count). The fourth-order valence-corrected chi connectivity index (χ4v) is 6.60. The van der Waals surface area contributed by atoms with Gasteiger partial charge in [-0.1, -0.05) is 54.1 Å². The number of nitrogens with zero attached hydrogens (tertiary/aromatic N) is 3. The van der Waals surface area contributed by atoms with Gasteiger partial charge in [0.1, 0.15) is 11.5 Å². The number of carbonyl (C=O) groups excluding carboxylic acids is 4. The molecule has 0 bridgehead atoms. The topological polar surface area (TPSA) is 115 Å². The van der Waals surface area contributed by atoms with E-state index in [0.717, 1.165) is 26.1 Å². The normalized spacial score (nSPS) is 26.1. The van der Waals surface area contributed by atoms with Crippen LogP contribution in [0.3, 0.4) is 0 Å². The van der Waals surface area contributed by atoms with E-state index < -0.39 is 58.0 Å². The molecule has 3 aliphatic rings. The largest absolute Gasteiger partial charge is 0.479 e. The van der Waals surface area contributed by atoms with Gasteiger partial charge in [0.2, 0.25) is 0 Å². The molecule has 3 aliphatic heterocycles. The number of carboxylic acids is 1. The average Bonchev–Trinajstić information content (AvgIpc) is 3.20. The van der Waals surface area contributed by atoms with Gasteiger partial charge in [-0.2, -0.15) is 0 Å². The summed E-state index contributed by atoms with van der Waals surface area (Å²) in [5.74, 6) is -3.67. The van der Waals surface area contributed by atoms with Gasteiger partial charge in [0.15, 0.2) is 12.1 Å². The zero-order valence-electron chi connectivity index (χ0n) is 18.6. The zero-order valence-corrected chi connectivity index (χ0v) is 20.2. The van der Waals surface area contributed by atoms with Crippen molar-refractivity contribution in [1.29, 1.82) is 0 Å². The molecule has 11 heteroatoms. The Hall–Kier alpha value is -3.37. The first-order valence-corrected chi connectivity index (χ1v) is 12.0. The predicted molar refractivity (Wildman–Crippen MR) is 126 cm³/mol. The van der Waals surface area contributed by atoms with E-state index in [2.05, 4.69) is 0 Å². The Labute approximate surface area is 209 Å². The van der Waals surface area contributed by atoms with Crippen LogP contribution in [0.2, 0.25) is 0 Å². The third-order valence-electron chi connectivity index (χ3n) is 6.44. The lowest BCUT2D eigenvalue weighted by molar-refractivity contribution is -0.161. The minimum Gasteiger partial charge on any atom is -0.479 e. The maximum absolute atomic E-state index is 13.5. The SMILES string of the molecule is CC1(C)SN([C@H](C(=O)O)c2ccccc2)C(=O)[C@@H]1N1C(=O)[C@@H](N2C(=O)c3ccccc3C2=O)[C@@H]1Cl. The van der Waals surface area contributed by atoms with Gasteiger partial charge in [-0.15, -0.1) is 0 Å². The number of halogens is 1. The van der Waals surface area contributed by atoms with Gasteiger partial charge in [-0.05, 0) is 43.5 Å². The first kappa shape index (κ1) is 23.4. The van der Waals surface area contributed by atoms with E-state index in [4.69, 9.17) is 11.6 Å². The molecule has 0 spiro atoms. The zero-order chi connectivity index (χ0) is 25.2. The van der Waals surface area contributed by atoms with Crippen LogP contribution >= 0.6 is 23.5 Å². The highest BCUT2D eigenvalue weighted by Gasteiger charge is 2.64. The number of carbonyl (C=O) groups is 5. The maximum atomic E-state index is 13.5. The minimum atomic E-state index is -1.27. The molecule has 0 unspecified atom stereocenters. The highest BCUT2D eigenvalue weighted by Crippen LogP contribution is 2.50. The van der Waals surface area contributed by atoms with Crippen molar-refractivity contribution in [1.82, 2.24) is 14.1 Å². The number of hydrogen-bond acceptors (Lipinski definition) is 6. The summed E-state index contributed by atoms with van der Waals surface area (Å²) in [6, 6.07) is 11.0. The Morgan fingerprint density at radius 1 is 0.943 bits per heavy atom. The van der Waals surface area contributed by atoms with Crippen molar-refractivity contribution < 1.29 is 29.1 Å². The number of carboxylic acid groups (broad SMARTS) is 1. The summed E-state index contributed by atoms with van der Waals surface area (Å²) < 4.78 is 0.240. The lowest BCUT2D eigenvalue weighted by Gasteiger charge is -2.50.